The van der Waals surface area contributed by atoms with Gasteiger partial charge in [-0.05, 0) is 45.1 Å². The Morgan fingerprint density at radius 3 is 2.60 bits per heavy atom. The second-order valence-electron chi connectivity index (χ2n) is 8.13. The maximum Gasteiger partial charge on any atom is 0.309 e. The summed E-state index contributed by atoms with van der Waals surface area (Å²) in [4.78, 5) is 29.0. The van der Waals surface area contributed by atoms with Gasteiger partial charge in [0.2, 0.25) is 0 Å². The largest absolute Gasteiger partial charge is 0.481 e. The zero-order valence-corrected chi connectivity index (χ0v) is 14.3. The van der Waals surface area contributed by atoms with Crippen molar-refractivity contribution in [2.75, 3.05) is 0 Å². The smallest absolute Gasteiger partial charge is 0.309 e. The van der Waals surface area contributed by atoms with Gasteiger partial charge in [-0.25, -0.2) is 4.98 Å². The van der Waals surface area contributed by atoms with Crippen LogP contribution in [0.25, 0.3) is 11.0 Å². The van der Waals surface area contributed by atoms with Crippen LogP contribution in [0.1, 0.15) is 59.8 Å². The number of aliphatic carboxylic acids is 1. The Labute approximate surface area is 144 Å². The Hall–Kier alpha value is -2.44. The number of carbonyl (C=O) groups is 2. The van der Waals surface area contributed by atoms with E-state index >= 15 is 0 Å². The van der Waals surface area contributed by atoms with Gasteiger partial charge in [0.05, 0.1) is 22.1 Å². The molecule has 1 amide bonds. The van der Waals surface area contributed by atoms with Crippen molar-refractivity contribution in [3.63, 3.8) is 0 Å². The quantitative estimate of drug-likeness (QED) is 0.886. The van der Waals surface area contributed by atoms with Crippen molar-refractivity contribution >= 4 is 22.9 Å². The first kappa shape index (κ1) is 14.9. The zero-order chi connectivity index (χ0) is 17.6. The first-order valence-electron chi connectivity index (χ1n) is 8.73. The highest BCUT2D eigenvalue weighted by atomic mass is 16.4. The molecule has 25 heavy (non-hydrogen) atoms. The third-order valence-electron chi connectivity index (χ3n) is 6.09. The molecule has 7 heteroatoms. The van der Waals surface area contributed by atoms with Crippen molar-refractivity contribution in [2.45, 2.75) is 50.5 Å². The first-order valence-corrected chi connectivity index (χ1v) is 8.73. The molecule has 0 unspecified atom stereocenters. The number of aromatic nitrogens is 3. The second-order valence-corrected chi connectivity index (χ2v) is 8.13. The minimum atomic E-state index is -0.742. The van der Waals surface area contributed by atoms with E-state index in [2.05, 4.69) is 10.4 Å². The van der Waals surface area contributed by atoms with Crippen molar-refractivity contribution in [2.24, 2.45) is 12.5 Å². The molecule has 0 atom stereocenters. The molecule has 4 aliphatic carbocycles. The van der Waals surface area contributed by atoms with Gasteiger partial charge in [-0.15, -0.1) is 0 Å². The number of hydrogen-bond donors (Lipinski definition) is 2. The van der Waals surface area contributed by atoms with E-state index in [4.69, 9.17) is 4.98 Å². The number of fused-ring (bicyclic) bond motifs is 1. The Balaban J connectivity index is 1.50. The van der Waals surface area contributed by atoms with Crippen LogP contribution in [0.3, 0.4) is 0 Å². The van der Waals surface area contributed by atoms with Gasteiger partial charge < -0.3 is 10.4 Å². The summed E-state index contributed by atoms with van der Waals surface area (Å²) < 4.78 is 1.73. The van der Waals surface area contributed by atoms with Crippen LogP contribution in [0.2, 0.25) is 0 Å². The van der Waals surface area contributed by atoms with E-state index in [9.17, 15) is 14.7 Å². The minimum absolute atomic E-state index is 0.135. The van der Waals surface area contributed by atoms with Gasteiger partial charge in [0.1, 0.15) is 0 Å². The molecule has 2 aromatic rings. The number of nitrogens with zero attached hydrogens (tertiary/aromatic N) is 3. The number of carbonyl (C=O) groups excluding carboxylic acids is 1. The molecule has 6 rings (SSSR count). The topological polar surface area (TPSA) is 97.1 Å². The summed E-state index contributed by atoms with van der Waals surface area (Å²) in [5.41, 5.74) is 2.18. The lowest BCUT2D eigenvalue weighted by molar-refractivity contribution is -0.196. The maximum atomic E-state index is 13.0. The Bertz CT molecular complexity index is 937. The van der Waals surface area contributed by atoms with Gasteiger partial charge in [-0.1, -0.05) is 0 Å². The molecule has 0 aromatic carbocycles. The van der Waals surface area contributed by atoms with Crippen molar-refractivity contribution in [3.05, 3.63) is 23.0 Å². The number of hydrogen-bond acceptors (Lipinski definition) is 4. The monoisotopic (exact) mass is 340 g/mol. The average Bonchev–Trinajstić information content (AvgIpc) is 3.27. The van der Waals surface area contributed by atoms with E-state index in [1.165, 1.54) is 0 Å². The second kappa shape index (κ2) is 4.39. The number of carboxylic acids is 1. The summed E-state index contributed by atoms with van der Waals surface area (Å²) in [6.45, 7) is 1.89. The van der Waals surface area contributed by atoms with Crippen LogP contribution in [0.4, 0.5) is 0 Å². The van der Waals surface area contributed by atoms with Gasteiger partial charge >= 0.3 is 5.97 Å². The van der Waals surface area contributed by atoms with E-state index in [0.29, 0.717) is 30.7 Å². The highest BCUT2D eigenvalue weighted by molar-refractivity contribution is 6.07. The van der Waals surface area contributed by atoms with Gasteiger partial charge in [-0.2, -0.15) is 5.10 Å². The molecule has 4 aliphatic rings. The third kappa shape index (κ3) is 1.92. The maximum absolute atomic E-state index is 13.0. The van der Waals surface area contributed by atoms with Gasteiger partial charge in [-0.3, -0.25) is 14.3 Å². The van der Waals surface area contributed by atoms with Crippen LogP contribution in [0.15, 0.2) is 6.07 Å². The molecule has 2 bridgehead atoms. The van der Waals surface area contributed by atoms with Crippen LogP contribution in [0, 0.1) is 12.3 Å². The fourth-order valence-electron chi connectivity index (χ4n) is 4.69. The van der Waals surface area contributed by atoms with Crippen LogP contribution in [-0.4, -0.2) is 37.3 Å². The molecule has 2 N–H and O–H groups in total. The number of carboxylic acid groups (broad SMARTS) is 1. The number of nitrogens with one attached hydrogen (secondary N) is 1. The molecule has 0 saturated heterocycles. The summed E-state index contributed by atoms with van der Waals surface area (Å²) in [6, 6.07) is 1.91. The lowest BCUT2D eigenvalue weighted by Gasteiger charge is -2.67. The van der Waals surface area contributed by atoms with E-state index in [1.807, 2.05) is 20.0 Å². The Morgan fingerprint density at radius 2 is 2.00 bits per heavy atom. The SMILES string of the molecule is Cc1nn(C)c2nc(C3CC3)cc(C(=O)NC34CC(C(=O)O)(C3)C4)c12. The minimum Gasteiger partial charge on any atom is -0.481 e. The van der Waals surface area contributed by atoms with Crippen LogP contribution >= 0.6 is 0 Å². The van der Waals surface area contributed by atoms with E-state index in [1.54, 1.807) is 4.68 Å². The predicted octanol–water partition coefficient (Wildman–Crippen LogP) is 1.89. The van der Waals surface area contributed by atoms with Gasteiger partial charge in [0.15, 0.2) is 5.65 Å². The first-order chi connectivity index (χ1) is 11.8. The Kier molecular flexibility index (Phi) is 2.61. The number of rotatable bonds is 4. The summed E-state index contributed by atoms with van der Waals surface area (Å²) in [7, 11) is 1.85. The van der Waals surface area contributed by atoms with Crippen LogP contribution in [-0.2, 0) is 11.8 Å². The summed E-state index contributed by atoms with van der Waals surface area (Å²) >= 11 is 0. The van der Waals surface area contributed by atoms with E-state index < -0.39 is 11.4 Å². The molecule has 130 valence electrons. The summed E-state index contributed by atoms with van der Waals surface area (Å²) in [6.07, 6.45) is 3.84. The fourth-order valence-corrected chi connectivity index (χ4v) is 4.69. The molecule has 0 aliphatic heterocycles. The number of pyridine rings is 1. The van der Waals surface area contributed by atoms with Crippen molar-refractivity contribution in [1.82, 2.24) is 20.1 Å². The summed E-state index contributed by atoms with van der Waals surface area (Å²) in [5, 5.41) is 17.6. The lowest BCUT2D eigenvalue weighted by Crippen LogP contribution is -2.77. The highest BCUT2D eigenvalue weighted by Gasteiger charge is 2.72. The number of amides is 1. The predicted molar refractivity (Wildman–Crippen MR) is 89.3 cm³/mol. The van der Waals surface area contributed by atoms with Crippen LogP contribution in [0.5, 0.6) is 0 Å². The van der Waals surface area contributed by atoms with Crippen molar-refractivity contribution < 1.29 is 14.7 Å². The zero-order valence-electron chi connectivity index (χ0n) is 14.3. The molecule has 0 radical (unpaired) electrons. The third-order valence-corrected chi connectivity index (χ3v) is 6.09. The van der Waals surface area contributed by atoms with E-state index in [-0.39, 0.29) is 11.4 Å². The molecular weight excluding hydrogens is 320 g/mol. The Morgan fingerprint density at radius 1 is 1.32 bits per heavy atom. The standard InChI is InChI=1S/C18H20N4O3/c1-9-13-11(5-12(10-3-4-10)19-14(13)22(2)21-9)15(23)20-18-6-17(7-18,8-18)16(24)25/h5,10H,3-4,6-8H2,1-2H3,(H,20,23)(H,24,25). The fraction of sp³-hybridized carbons (Fsp3) is 0.556. The lowest BCUT2D eigenvalue weighted by atomic mass is 9.39. The highest BCUT2D eigenvalue weighted by Crippen LogP contribution is 2.67. The van der Waals surface area contributed by atoms with Gasteiger partial charge in [0.25, 0.3) is 5.91 Å². The van der Waals surface area contributed by atoms with E-state index in [0.717, 1.165) is 35.3 Å². The molecule has 2 aromatic heterocycles. The molecular formula is C18H20N4O3. The normalized spacial score (nSPS) is 29.8. The van der Waals surface area contributed by atoms with Crippen molar-refractivity contribution in [1.29, 1.82) is 0 Å². The number of aryl methyl sites for hydroxylation is 2. The van der Waals surface area contributed by atoms with Gasteiger partial charge in [0, 0.05) is 24.2 Å². The summed E-state index contributed by atoms with van der Waals surface area (Å²) in [5.74, 6) is -0.436. The molecule has 2 heterocycles. The van der Waals surface area contributed by atoms with Crippen LogP contribution < -0.4 is 5.32 Å². The molecule has 0 spiro atoms. The van der Waals surface area contributed by atoms with Crippen molar-refractivity contribution in [3.8, 4) is 0 Å². The molecule has 4 saturated carbocycles. The molecule has 4 fully saturated rings. The molecule has 7 nitrogen and oxygen atoms in total. The average molecular weight is 340 g/mol.